The third-order valence-electron chi connectivity index (χ3n) is 2.17. The van der Waals surface area contributed by atoms with Crippen LogP contribution < -0.4 is 5.73 Å². The van der Waals surface area contributed by atoms with Gasteiger partial charge in [-0.25, -0.2) is 13.4 Å². The van der Waals surface area contributed by atoms with Gasteiger partial charge in [0.25, 0.3) is 0 Å². The van der Waals surface area contributed by atoms with Gasteiger partial charge in [0.1, 0.15) is 0 Å². The molecule has 0 radical (unpaired) electrons. The van der Waals surface area contributed by atoms with Crippen LogP contribution in [-0.2, 0) is 9.84 Å². The first-order chi connectivity index (χ1) is 7.47. The number of anilines is 1. The van der Waals surface area contributed by atoms with Gasteiger partial charge in [0, 0.05) is 11.8 Å². The number of benzene rings is 1. The minimum atomic E-state index is -3.19. The van der Waals surface area contributed by atoms with E-state index in [0.717, 1.165) is 5.56 Å². The summed E-state index contributed by atoms with van der Waals surface area (Å²) in [6, 6.07) is 6.62. The van der Waals surface area contributed by atoms with E-state index in [9.17, 15) is 8.42 Å². The van der Waals surface area contributed by atoms with Gasteiger partial charge in [-0.05, 0) is 12.1 Å². The Balaban J connectivity index is 2.52. The number of nitrogen functional groups attached to an aromatic ring is 1. The fourth-order valence-corrected chi connectivity index (χ4v) is 2.04. The maximum atomic E-state index is 11.4. The summed E-state index contributed by atoms with van der Waals surface area (Å²) in [4.78, 5) is 6.98. The van der Waals surface area contributed by atoms with Crippen LogP contribution in [-0.4, -0.2) is 24.6 Å². The highest BCUT2D eigenvalue weighted by molar-refractivity contribution is 7.90. The van der Waals surface area contributed by atoms with Crippen molar-refractivity contribution in [2.75, 3.05) is 12.0 Å². The van der Waals surface area contributed by atoms with Crippen molar-refractivity contribution in [3.8, 4) is 11.3 Å². The zero-order valence-corrected chi connectivity index (χ0v) is 9.45. The van der Waals surface area contributed by atoms with Crippen LogP contribution in [0.5, 0.6) is 0 Å². The number of H-pyrrole nitrogens is 1. The van der Waals surface area contributed by atoms with Gasteiger partial charge in [-0.3, -0.25) is 0 Å². The van der Waals surface area contributed by atoms with E-state index >= 15 is 0 Å². The average molecular weight is 237 g/mol. The van der Waals surface area contributed by atoms with E-state index in [-0.39, 0.29) is 4.90 Å². The second kappa shape index (κ2) is 3.64. The van der Waals surface area contributed by atoms with Crippen molar-refractivity contribution in [1.29, 1.82) is 0 Å². The summed E-state index contributed by atoms with van der Waals surface area (Å²) in [5.74, 6) is 0.305. The molecule has 0 saturated carbocycles. The van der Waals surface area contributed by atoms with Gasteiger partial charge in [0.2, 0.25) is 0 Å². The Hall–Kier alpha value is -1.82. The molecule has 0 aliphatic heterocycles. The molecule has 0 bridgehead atoms. The molecule has 0 aliphatic rings. The second-order valence-electron chi connectivity index (χ2n) is 3.48. The van der Waals surface area contributed by atoms with Gasteiger partial charge in [-0.2, -0.15) is 0 Å². The van der Waals surface area contributed by atoms with E-state index < -0.39 is 9.84 Å². The van der Waals surface area contributed by atoms with Crippen LogP contribution in [0.25, 0.3) is 11.3 Å². The summed E-state index contributed by atoms with van der Waals surface area (Å²) in [7, 11) is -3.19. The number of hydrogen-bond acceptors (Lipinski definition) is 4. The van der Waals surface area contributed by atoms with Gasteiger partial charge in [-0.15, -0.1) is 0 Å². The van der Waals surface area contributed by atoms with Crippen molar-refractivity contribution in [2.45, 2.75) is 4.90 Å². The molecule has 0 amide bonds. The van der Waals surface area contributed by atoms with E-state index in [1.54, 1.807) is 30.5 Å². The smallest absolute Gasteiger partial charge is 0.197 e. The summed E-state index contributed by atoms with van der Waals surface area (Å²) < 4.78 is 22.7. The molecule has 3 N–H and O–H groups in total. The maximum Gasteiger partial charge on any atom is 0.197 e. The molecule has 1 aromatic carbocycles. The molecule has 5 nitrogen and oxygen atoms in total. The number of imidazole rings is 1. The van der Waals surface area contributed by atoms with E-state index in [4.69, 9.17) is 5.73 Å². The molecule has 16 heavy (non-hydrogen) atoms. The van der Waals surface area contributed by atoms with Gasteiger partial charge in [0.05, 0.1) is 16.8 Å². The lowest BCUT2D eigenvalue weighted by atomic mass is 10.2. The molecular formula is C10H11N3O2S. The zero-order chi connectivity index (χ0) is 11.8. The van der Waals surface area contributed by atoms with Crippen molar-refractivity contribution in [3.63, 3.8) is 0 Å². The first-order valence-corrected chi connectivity index (χ1v) is 6.47. The Morgan fingerprint density at radius 2 is 2.12 bits per heavy atom. The summed E-state index contributed by atoms with van der Waals surface area (Å²) in [5.41, 5.74) is 6.89. The molecule has 84 valence electrons. The van der Waals surface area contributed by atoms with Gasteiger partial charge in [-0.1, -0.05) is 12.1 Å². The third-order valence-corrected chi connectivity index (χ3v) is 3.28. The Morgan fingerprint density at radius 1 is 1.38 bits per heavy atom. The second-order valence-corrected chi connectivity index (χ2v) is 5.50. The highest BCUT2D eigenvalue weighted by atomic mass is 32.2. The number of sulfone groups is 1. The lowest BCUT2D eigenvalue weighted by Crippen LogP contribution is -1.96. The minimum Gasteiger partial charge on any atom is -0.369 e. The number of nitrogens with zero attached hydrogens (tertiary/aromatic N) is 1. The SMILES string of the molecule is CS(=O)(=O)c1cccc(-c2cnc(N)[nH]2)c1. The van der Waals surface area contributed by atoms with Crippen LogP contribution in [0.1, 0.15) is 0 Å². The molecule has 0 fully saturated rings. The average Bonchev–Trinajstić information content (AvgIpc) is 2.64. The summed E-state index contributed by atoms with van der Waals surface area (Å²) in [5, 5.41) is 0. The Labute approximate surface area is 93.2 Å². The number of hydrogen-bond donors (Lipinski definition) is 2. The minimum absolute atomic E-state index is 0.276. The normalized spacial score (nSPS) is 11.6. The van der Waals surface area contributed by atoms with Crippen molar-refractivity contribution < 1.29 is 8.42 Å². The molecular weight excluding hydrogens is 226 g/mol. The number of nitrogens with one attached hydrogen (secondary N) is 1. The van der Waals surface area contributed by atoms with Crippen LogP contribution in [0.4, 0.5) is 5.95 Å². The molecule has 0 spiro atoms. The first-order valence-electron chi connectivity index (χ1n) is 4.58. The topological polar surface area (TPSA) is 88.8 Å². The molecule has 2 rings (SSSR count). The number of aromatic amines is 1. The standard InChI is InChI=1S/C10H11N3O2S/c1-16(14,15)8-4-2-3-7(5-8)9-6-12-10(11)13-9/h2-6H,1H3,(H3,11,12,13). The fourth-order valence-electron chi connectivity index (χ4n) is 1.38. The molecule has 1 heterocycles. The third kappa shape index (κ3) is 2.06. The first kappa shape index (κ1) is 10.7. The molecule has 0 aliphatic carbocycles. The van der Waals surface area contributed by atoms with Crippen LogP contribution in [0, 0.1) is 0 Å². The fraction of sp³-hybridized carbons (Fsp3) is 0.100. The number of aromatic nitrogens is 2. The molecule has 0 unspecified atom stereocenters. The van der Waals surface area contributed by atoms with Crippen LogP contribution in [0.3, 0.4) is 0 Å². The summed E-state index contributed by atoms with van der Waals surface area (Å²) in [6.07, 6.45) is 2.74. The molecule has 0 atom stereocenters. The summed E-state index contributed by atoms with van der Waals surface area (Å²) in [6.45, 7) is 0. The summed E-state index contributed by atoms with van der Waals surface area (Å²) >= 11 is 0. The Morgan fingerprint density at radius 3 is 2.69 bits per heavy atom. The predicted molar refractivity (Wildman–Crippen MR) is 61.5 cm³/mol. The molecule has 1 aromatic heterocycles. The van der Waals surface area contributed by atoms with Gasteiger partial charge >= 0.3 is 0 Å². The monoisotopic (exact) mass is 237 g/mol. The molecule has 2 aromatic rings. The van der Waals surface area contributed by atoms with E-state index in [0.29, 0.717) is 11.6 Å². The van der Waals surface area contributed by atoms with Crippen LogP contribution >= 0.6 is 0 Å². The van der Waals surface area contributed by atoms with Crippen LogP contribution in [0.15, 0.2) is 35.4 Å². The quantitative estimate of drug-likeness (QED) is 0.817. The maximum absolute atomic E-state index is 11.4. The van der Waals surface area contributed by atoms with Crippen molar-refractivity contribution in [2.24, 2.45) is 0 Å². The molecule has 6 heteroatoms. The number of nitrogens with two attached hydrogens (primary N) is 1. The zero-order valence-electron chi connectivity index (χ0n) is 8.64. The Bertz CT molecular complexity index is 616. The Kier molecular flexibility index (Phi) is 2.43. The van der Waals surface area contributed by atoms with Crippen molar-refractivity contribution in [1.82, 2.24) is 9.97 Å². The lowest BCUT2D eigenvalue weighted by Gasteiger charge is -2.01. The lowest BCUT2D eigenvalue weighted by molar-refractivity contribution is 0.602. The van der Waals surface area contributed by atoms with Crippen molar-refractivity contribution >= 4 is 15.8 Å². The van der Waals surface area contributed by atoms with E-state index in [1.165, 1.54) is 6.26 Å². The van der Waals surface area contributed by atoms with Gasteiger partial charge in [0.15, 0.2) is 15.8 Å². The molecule has 0 saturated heterocycles. The van der Waals surface area contributed by atoms with Gasteiger partial charge < -0.3 is 10.7 Å². The van der Waals surface area contributed by atoms with E-state index in [2.05, 4.69) is 9.97 Å². The highest BCUT2D eigenvalue weighted by Gasteiger charge is 2.09. The highest BCUT2D eigenvalue weighted by Crippen LogP contribution is 2.21. The van der Waals surface area contributed by atoms with E-state index in [1.807, 2.05) is 0 Å². The van der Waals surface area contributed by atoms with Crippen molar-refractivity contribution in [3.05, 3.63) is 30.5 Å². The largest absolute Gasteiger partial charge is 0.369 e. The number of rotatable bonds is 2. The van der Waals surface area contributed by atoms with Crippen LogP contribution in [0.2, 0.25) is 0 Å². The predicted octanol–water partition coefficient (Wildman–Crippen LogP) is 1.06.